The maximum absolute atomic E-state index is 12.8. The van der Waals surface area contributed by atoms with Crippen LogP contribution in [0.15, 0.2) is 29.6 Å². The molecule has 0 bridgehead atoms. The Labute approximate surface area is 185 Å². The fraction of sp³-hybridized carbons (Fsp3) is 0.350. The molecule has 1 aliphatic rings. The second-order valence-electron chi connectivity index (χ2n) is 7.60. The van der Waals surface area contributed by atoms with Crippen LogP contribution in [0.4, 0.5) is 30.2 Å². The number of benzene rings is 1. The van der Waals surface area contributed by atoms with E-state index in [2.05, 4.69) is 20.3 Å². The van der Waals surface area contributed by atoms with E-state index < -0.39 is 17.8 Å². The van der Waals surface area contributed by atoms with Crippen molar-refractivity contribution in [1.29, 1.82) is 0 Å². The number of piperidine rings is 1. The molecule has 8 nitrogen and oxygen atoms in total. The number of nitrogens with zero attached hydrogens (tertiary/aromatic N) is 3. The van der Waals surface area contributed by atoms with Gasteiger partial charge in [0.1, 0.15) is 22.1 Å². The highest BCUT2D eigenvalue weighted by Crippen LogP contribution is 2.33. The van der Waals surface area contributed by atoms with E-state index in [0.717, 1.165) is 49.0 Å². The molecule has 1 saturated heterocycles. The van der Waals surface area contributed by atoms with Gasteiger partial charge in [0.2, 0.25) is 0 Å². The molecule has 0 atom stereocenters. The first-order chi connectivity index (χ1) is 15.2. The molecule has 6 N–H and O–H groups in total. The molecule has 1 aliphatic heterocycles. The van der Waals surface area contributed by atoms with Crippen LogP contribution in [0.3, 0.4) is 0 Å². The lowest BCUT2D eigenvalue weighted by atomic mass is 9.96. The molecule has 1 amide bonds. The summed E-state index contributed by atoms with van der Waals surface area (Å²) < 4.78 is 38.4. The van der Waals surface area contributed by atoms with Gasteiger partial charge in [0, 0.05) is 24.2 Å². The van der Waals surface area contributed by atoms with E-state index in [1.54, 1.807) is 12.1 Å². The van der Waals surface area contributed by atoms with Crippen molar-refractivity contribution in [2.45, 2.75) is 19.0 Å². The van der Waals surface area contributed by atoms with Gasteiger partial charge in [-0.2, -0.15) is 18.3 Å². The van der Waals surface area contributed by atoms with Gasteiger partial charge in [0.25, 0.3) is 5.91 Å². The number of carbonyl (C=O) groups excluding carboxylic acids is 1. The molecule has 2 aromatic heterocycles. The van der Waals surface area contributed by atoms with Gasteiger partial charge < -0.3 is 21.7 Å². The Kier molecular flexibility index (Phi) is 6.07. The van der Waals surface area contributed by atoms with Crippen LogP contribution in [0, 0.1) is 5.92 Å². The molecule has 32 heavy (non-hydrogen) atoms. The third-order valence-corrected chi connectivity index (χ3v) is 6.26. The number of alkyl halides is 3. The van der Waals surface area contributed by atoms with E-state index >= 15 is 0 Å². The van der Waals surface area contributed by atoms with Crippen molar-refractivity contribution < 1.29 is 18.0 Å². The second kappa shape index (κ2) is 8.79. The van der Waals surface area contributed by atoms with Crippen LogP contribution in [0.1, 0.15) is 29.0 Å². The van der Waals surface area contributed by atoms with Crippen LogP contribution >= 0.6 is 11.3 Å². The predicted molar refractivity (Wildman–Crippen MR) is 117 cm³/mol. The van der Waals surface area contributed by atoms with Crippen molar-refractivity contribution in [3.63, 3.8) is 0 Å². The maximum atomic E-state index is 12.8. The average molecular weight is 466 g/mol. The molecule has 0 radical (unpaired) electrons. The minimum absolute atomic E-state index is 0.0220. The first-order valence-corrected chi connectivity index (χ1v) is 10.9. The number of rotatable bonds is 5. The van der Waals surface area contributed by atoms with Crippen LogP contribution in [0.2, 0.25) is 0 Å². The molecule has 170 valence electrons. The van der Waals surface area contributed by atoms with E-state index in [-0.39, 0.29) is 16.4 Å². The highest BCUT2D eigenvalue weighted by molar-refractivity contribution is 7.13. The lowest BCUT2D eigenvalue weighted by molar-refractivity contribution is -0.141. The third-order valence-electron chi connectivity index (χ3n) is 5.40. The van der Waals surface area contributed by atoms with E-state index in [9.17, 15) is 18.0 Å². The molecule has 1 aromatic carbocycles. The number of hydrogen-bond donors (Lipinski definition) is 4. The molecule has 0 unspecified atom stereocenters. The Bertz CT molecular complexity index is 1100. The number of H-pyrrole nitrogens is 1. The quantitative estimate of drug-likeness (QED) is 0.427. The van der Waals surface area contributed by atoms with Crippen LogP contribution in [0.25, 0.3) is 10.7 Å². The number of anilines is 3. The molecule has 3 heterocycles. The third kappa shape index (κ3) is 4.70. The van der Waals surface area contributed by atoms with Crippen LogP contribution in [-0.4, -0.2) is 40.7 Å². The van der Waals surface area contributed by atoms with E-state index in [1.807, 2.05) is 11.2 Å². The monoisotopic (exact) mass is 465 g/mol. The number of nitrogens with two attached hydrogens (primary N) is 2. The van der Waals surface area contributed by atoms with Crippen molar-refractivity contribution in [2.75, 3.05) is 35.6 Å². The van der Waals surface area contributed by atoms with Gasteiger partial charge >= 0.3 is 6.18 Å². The topological polar surface area (TPSA) is 126 Å². The smallest absolute Gasteiger partial charge is 0.399 e. The highest BCUT2D eigenvalue weighted by atomic mass is 32.1. The number of nitrogens with one attached hydrogen (secondary N) is 2. The number of halogens is 3. The summed E-state index contributed by atoms with van der Waals surface area (Å²) in [4.78, 5) is 19.1. The summed E-state index contributed by atoms with van der Waals surface area (Å²) in [5.74, 6) is 0.00850. The molecule has 0 spiro atoms. The minimum atomic E-state index is -4.54. The fourth-order valence-corrected chi connectivity index (χ4v) is 4.36. The number of amides is 1. The first kappa shape index (κ1) is 22.1. The number of nitrogen functional groups attached to an aromatic ring is 1. The lowest BCUT2D eigenvalue weighted by Crippen LogP contribution is -2.36. The van der Waals surface area contributed by atoms with Crippen molar-refractivity contribution in [1.82, 2.24) is 15.2 Å². The van der Waals surface area contributed by atoms with E-state index in [1.165, 1.54) is 5.38 Å². The normalized spacial score (nSPS) is 15.2. The summed E-state index contributed by atoms with van der Waals surface area (Å²) in [7, 11) is 0. The number of thiazole rings is 1. The van der Waals surface area contributed by atoms with Crippen LogP contribution in [0.5, 0.6) is 0 Å². The van der Waals surface area contributed by atoms with Crippen molar-refractivity contribution in [3.05, 3.63) is 41.0 Å². The molecule has 1 fully saturated rings. The zero-order valence-corrected chi connectivity index (χ0v) is 17.8. The zero-order valence-electron chi connectivity index (χ0n) is 16.9. The Morgan fingerprint density at radius 3 is 2.69 bits per heavy atom. The number of aromatic amines is 1. The second-order valence-corrected chi connectivity index (χ2v) is 8.46. The van der Waals surface area contributed by atoms with Gasteiger partial charge in [-0.25, -0.2) is 4.98 Å². The largest absolute Gasteiger partial charge is 0.432 e. The summed E-state index contributed by atoms with van der Waals surface area (Å²) >= 11 is 1.03. The van der Waals surface area contributed by atoms with Gasteiger partial charge in [0.05, 0.1) is 11.4 Å². The average Bonchev–Trinajstić information content (AvgIpc) is 3.44. The summed E-state index contributed by atoms with van der Waals surface area (Å²) in [5.41, 5.74) is 12.7. The molecular formula is C20H22F3N7OS. The summed E-state index contributed by atoms with van der Waals surface area (Å²) in [6, 6.07) is 6.18. The summed E-state index contributed by atoms with van der Waals surface area (Å²) in [6.07, 6.45) is -2.61. The molecule has 0 aliphatic carbocycles. The van der Waals surface area contributed by atoms with Crippen molar-refractivity contribution in [2.24, 2.45) is 11.7 Å². The van der Waals surface area contributed by atoms with Crippen molar-refractivity contribution >= 4 is 34.3 Å². The predicted octanol–water partition coefficient (Wildman–Crippen LogP) is 3.56. The van der Waals surface area contributed by atoms with Gasteiger partial charge in [0.15, 0.2) is 0 Å². The van der Waals surface area contributed by atoms with Crippen LogP contribution < -0.4 is 21.7 Å². The maximum Gasteiger partial charge on any atom is 0.432 e. The standard InChI is InChI=1S/C20H22F3N7OS/c21-20(22,23)17-8-14(28-29-17)19-27-15(10-32-19)18(31)26-13-7-12(25)1-2-16(13)30-5-3-11(9-24)4-6-30/h1-2,7-8,10-11H,3-6,9,24-25H2,(H,26,31)(H,28,29). The van der Waals surface area contributed by atoms with E-state index in [0.29, 0.717) is 23.8 Å². The minimum Gasteiger partial charge on any atom is -0.399 e. The van der Waals surface area contributed by atoms with Crippen LogP contribution in [-0.2, 0) is 6.18 Å². The Morgan fingerprint density at radius 1 is 1.28 bits per heavy atom. The molecule has 4 rings (SSSR count). The first-order valence-electron chi connectivity index (χ1n) is 9.99. The summed E-state index contributed by atoms with van der Waals surface area (Å²) in [6.45, 7) is 2.29. The van der Waals surface area contributed by atoms with Gasteiger partial charge in [-0.05, 0) is 49.6 Å². The molecule has 3 aromatic rings. The molecule has 0 saturated carbocycles. The van der Waals surface area contributed by atoms with Gasteiger partial charge in [-0.1, -0.05) is 0 Å². The Balaban J connectivity index is 1.51. The van der Waals surface area contributed by atoms with Gasteiger partial charge in [-0.15, -0.1) is 11.3 Å². The summed E-state index contributed by atoms with van der Waals surface area (Å²) in [5, 5.41) is 10.1. The molecule has 12 heteroatoms. The lowest BCUT2D eigenvalue weighted by Gasteiger charge is -2.34. The molecular weight excluding hydrogens is 443 g/mol. The number of aromatic nitrogens is 3. The fourth-order valence-electron chi connectivity index (χ4n) is 3.60. The van der Waals surface area contributed by atoms with Crippen molar-refractivity contribution in [3.8, 4) is 10.7 Å². The number of carbonyl (C=O) groups is 1. The highest BCUT2D eigenvalue weighted by Gasteiger charge is 2.33. The Hall–Kier alpha value is -3.12. The SMILES string of the molecule is NCC1CCN(c2ccc(N)cc2NC(=O)c2csc(-c3cc(C(F)(F)F)[nH]n3)n2)CC1. The Morgan fingerprint density at radius 2 is 2.03 bits per heavy atom. The zero-order chi connectivity index (χ0) is 22.9. The van der Waals surface area contributed by atoms with E-state index in [4.69, 9.17) is 11.5 Å². The van der Waals surface area contributed by atoms with Gasteiger partial charge in [-0.3, -0.25) is 9.89 Å². The number of hydrogen-bond acceptors (Lipinski definition) is 7.